The van der Waals surface area contributed by atoms with E-state index in [1.165, 1.54) is 40.0 Å². The zero-order valence-corrected chi connectivity index (χ0v) is 15.3. The standard InChI is InChI=1S/C10H25O6P3/c1-9(15-18(4,5)12)10(16-19(6,7)13)8-14-17(2,3)11/h9-10H,8H2,1-7H3. The van der Waals surface area contributed by atoms with Gasteiger partial charge in [0.2, 0.25) is 0 Å². The van der Waals surface area contributed by atoms with Gasteiger partial charge in [-0.05, 0) is 6.92 Å². The molecule has 0 fully saturated rings. The van der Waals surface area contributed by atoms with Gasteiger partial charge in [-0.25, -0.2) is 0 Å². The van der Waals surface area contributed by atoms with E-state index in [1.807, 2.05) is 0 Å². The molecule has 0 aliphatic rings. The molecule has 2 atom stereocenters. The molecule has 0 heterocycles. The molecule has 116 valence electrons. The van der Waals surface area contributed by atoms with Crippen LogP contribution in [0.3, 0.4) is 0 Å². The molecule has 0 amide bonds. The molecule has 0 saturated heterocycles. The second kappa shape index (κ2) is 7.02. The Morgan fingerprint density at radius 2 is 1.21 bits per heavy atom. The van der Waals surface area contributed by atoms with Crippen molar-refractivity contribution in [2.75, 3.05) is 46.6 Å². The van der Waals surface area contributed by atoms with E-state index < -0.39 is 34.3 Å². The van der Waals surface area contributed by atoms with Gasteiger partial charge in [0.15, 0.2) is 22.1 Å². The highest BCUT2D eigenvalue weighted by molar-refractivity contribution is 7.58. The van der Waals surface area contributed by atoms with E-state index in [1.54, 1.807) is 6.92 Å². The molecule has 0 bridgehead atoms. The van der Waals surface area contributed by atoms with Gasteiger partial charge >= 0.3 is 0 Å². The molecule has 0 aromatic rings. The van der Waals surface area contributed by atoms with Crippen molar-refractivity contribution in [3.8, 4) is 0 Å². The molecular formula is C10H25O6P3. The lowest BCUT2D eigenvalue weighted by Crippen LogP contribution is -2.31. The van der Waals surface area contributed by atoms with Crippen molar-refractivity contribution in [2.45, 2.75) is 19.1 Å². The lowest BCUT2D eigenvalue weighted by molar-refractivity contribution is 0.0388. The first-order valence-electron chi connectivity index (χ1n) is 5.86. The lowest BCUT2D eigenvalue weighted by atomic mass is 10.2. The third-order valence-corrected chi connectivity index (χ3v) is 4.27. The summed E-state index contributed by atoms with van der Waals surface area (Å²) in [6, 6.07) is 0. The summed E-state index contributed by atoms with van der Waals surface area (Å²) in [6.07, 6.45) is -1.25. The van der Waals surface area contributed by atoms with Crippen LogP contribution in [0.5, 0.6) is 0 Å². The maximum atomic E-state index is 11.7. The van der Waals surface area contributed by atoms with Crippen molar-refractivity contribution >= 4 is 22.1 Å². The van der Waals surface area contributed by atoms with E-state index in [0.717, 1.165) is 0 Å². The fourth-order valence-electron chi connectivity index (χ4n) is 1.30. The Kier molecular flexibility index (Phi) is 7.23. The summed E-state index contributed by atoms with van der Waals surface area (Å²) < 4.78 is 50.9. The highest BCUT2D eigenvalue weighted by atomic mass is 31.2. The smallest absolute Gasteiger partial charge is 0.197 e. The van der Waals surface area contributed by atoms with Crippen LogP contribution in [0.25, 0.3) is 0 Å². The number of hydrogen-bond acceptors (Lipinski definition) is 6. The van der Waals surface area contributed by atoms with Crippen LogP contribution in [0, 0.1) is 0 Å². The summed E-state index contributed by atoms with van der Waals surface area (Å²) in [7, 11) is -8.13. The van der Waals surface area contributed by atoms with E-state index in [9.17, 15) is 13.7 Å². The molecular weight excluding hydrogens is 309 g/mol. The van der Waals surface area contributed by atoms with Gasteiger partial charge in [0.05, 0.1) is 12.7 Å². The van der Waals surface area contributed by atoms with Gasteiger partial charge in [0.25, 0.3) is 0 Å². The maximum absolute atomic E-state index is 11.7. The van der Waals surface area contributed by atoms with E-state index in [2.05, 4.69) is 0 Å². The van der Waals surface area contributed by atoms with Gasteiger partial charge in [-0.2, -0.15) is 0 Å². The largest absolute Gasteiger partial charge is 0.326 e. The van der Waals surface area contributed by atoms with Crippen molar-refractivity contribution in [3.05, 3.63) is 0 Å². The maximum Gasteiger partial charge on any atom is 0.197 e. The highest BCUT2D eigenvalue weighted by Crippen LogP contribution is 2.45. The van der Waals surface area contributed by atoms with Crippen molar-refractivity contribution in [1.82, 2.24) is 0 Å². The second-order valence-electron chi connectivity index (χ2n) is 5.51. The minimum Gasteiger partial charge on any atom is -0.326 e. The predicted molar refractivity (Wildman–Crippen MR) is 79.7 cm³/mol. The first kappa shape index (κ1) is 19.6. The van der Waals surface area contributed by atoms with Crippen LogP contribution >= 0.6 is 22.1 Å². The molecule has 19 heavy (non-hydrogen) atoms. The summed E-state index contributed by atoms with van der Waals surface area (Å²) in [6.45, 7) is 10.5. The zero-order chi connectivity index (χ0) is 15.5. The fourth-order valence-corrected chi connectivity index (χ4v) is 3.63. The Balaban J connectivity index is 4.81. The monoisotopic (exact) mass is 334 g/mol. The molecule has 0 N–H and O–H groups in total. The Bertz CT molecular complexity index is 417. The molecule has 0 aromatic heterocycles. The first-order valence-corrected chi connectivity index (χ1v) is 13.4. The summed E-state index contributed by atoms with van der Waals surface area (Å²) in [5, 5.41) is 0. The highest BCUT2D eigenvalue weighted by Gasteiger charge is 2.28. The Labute approximate surface area is 115 Å². The minimum atomic E-state index is -2.76. The van der Waals surface area contributed by atoms with Gasteiger partial charge in [-0.15, -0.1) is 0 Å². The van der Waals surface area contributed by atoms with Gasteiger partial charge in [-0.1, -0.05) is 0 Å². The Morgan fingerprint density at radius 3 is 1.53 bits per heavy atom. The van der Waals surface area contributed by atoms with E-state index >= 15 is 0 Å². The molecule has 6 nitrogen and oxygen atoms in total. The molecule has 9 heteroatoms. The van der Waals surface area contributed by atoms with Crippen LogP contribution in [-0.2, 0) is 27.3 Å². The van der Waals surface area contributed by atoms with E-state index in [4.69, 9.17) is 13.6 Å². The normalized spacial score (nSPS) is 17.2. The average Bonchev–Trinajstić information content (AvgIpc) is 2.05. The molecule has 0 saturated carbocycles. The summed E-state index contributed by atoms with van der Waals surface area (Å²) in [5.41, 5.74) is 0. The quantitative estimate of drug-likeness (QED) is 0.633. The molecule has 0 radical (unpaired) electrons. The Morgan fingerprint density at radius 1 is 0.789 bits per heavy atom. The van der Waals surface area contributed by atoms with Crippen LogP contribution < -0.4 is 0 Å². The van der Waals surface area contributed by atoms with E-state index in [0.29, 0.717) is 0 Å². The van der Waals surface area contributed by atoms with Crippen LogP contribution in [0.4, 0.5) is 0 Å². The zero-order valence-electron chi connectivity index (χ0n) is 12.7. The summed E-state index contributed by atoms with van der Waals surface area (Å²) in [4.78, 5) is 0. The average molecular weight is 334 g/mol. The van der Waals surface area contributed by atoms with Gasteiger partial charge in [-0.3, -0.25) is 13.7 Å². The number of rotatable bonds is 8. The predicted octanol–water partition coefficient (Wildman–Crippen LogP) is 3.41. The van der Waals surface area contributed by atoms with E-state index in [-0.39, 0.29) is 6.61 Å². The summed E-state index contributed by atoms with van der Waals surface area (Å²) >= 11 is 0. The topological polar surface area (TPSA) is 78.9 Å². The van der Waals surface area contributed by atoms with Crippen molar-refractivity contribution in [2.24, 2.45) is 0 Å². The summed E-state index contributed by atoms with van der Waals surface area (Å²) in [5.74, 6) is 0. The van der Waals surface area contributed by atoms with Gasteiger partial charge < -0.3 is 13.6 Å². The minimum absolute atomic E-state index is 0.0168. The van der Waals surface area contributed by atoms with Gasteiger partial charge in [0, 0.05) is 40.0 Å². The third kappa shape index (κ3) is 12.1. The van der Waals surface area contributed by atoms with Crippen molar-refractivity contribution in [1.29, 1.82) is 0 Å². The van der Waals surface area contributed by atoms with Crippen molar-refractivity contribution in [3.63, 3.8) is 0 Å². The van der Waals surface area contributed by atoms with Crippen molar-refractivity contribution < 1.29 is 27.3 Å². The number of hydrogen-bond donors (Lipinski definition) is 0. The molecule has 0 aromatic carbocycles. The molecule has 0 spiro atoms. The molecule has 2 unspecified atom stereocenters. The second-order valence-corrected chi connectivity index (χ2v) is 13.7. The molecule has 0 aliphatic heterocycles. The SMILES string of the molecule is CC(OP(C)(C)=O)C(COP(C)(C)=O)OP(C)(C)=O. The van der Waals surface area contributed by atoms with Crippen LogP contribution in [-0.4, -0.2) is 58.8 Å². The fraction of sp³-hybridized carbons (Fsp3) is 1.00. The third-order valence-electron chi connectivity index (χ3n) is 1.88. The van der Waals surface area contributed by atoms with Crippen LogP contribution in [0.2, 0.25) is 0 Å². The Hall–Kier alpha value is 0.570. The van der Waals surface area contributed by atoms with Crippen LogP contribution in [0.15, 0.2) is 0 Å². The molecule has 0 aliphatic carbocycles. The first-order chi connectivity index (χ1) is 8.20. The van der Waals surface area contributed by atoms with Gasteiger partial charge in [0.1, 0.15) is 6.10 Å². The lowest BCUT2D eigenvalue weighted by Gasteiger charge is -2.27. The van der Waals surface area contributed by atoms with Crippen LogP contribution in [0.1, 0.15) is 6.92 Å². The molecule has 0 rings (SSSR count).